The quantitative estimate of drug-likeness (QED) is 0.814. The summed E-state index contributed by atoms with van der Waals surface area (Å²) in [6.45, 7) is 12.0. The van der Waals surface area contributed by atoms with Crippen molar-refractivity contribution < 1.29 is 4.79 Å². The number of carbonyl (C=O) groups is 1. The van der Waals surface area contributed by atoms with Gasteiger partial charge in [-0.1, -0.05) is 34.6 Å². The minimum atomic E-state index is 0.0456. The minimum Gasteiger partial charge on any atom is -0.325 e. The van der Waals surface area contributed by atoms with Gasteiger partial charge in [0.2, 0.25) is 5.91 Å². The van der Waals surface area contributed by atoms with Gasteiger partial charge in [0.05, 0.1) is 12.2 Å². The fourth-order valence-corrected chi connectivity index (χ4v) is 2.88. The lowest BCUT2D eigenvalue weighted by atomic mass is 10.1. The van der Waals surface area contributed by atoms with Gasteiger partial charge >= 0.3 is 0 Å². The maximum Gasteiger partial charge on any atom is 0.241 e. The second-order valence-corrected chi connectivity index (χ2v) is 6.70. The first-order chi connectivity index (χ1) is 7.86. The van der Waals surface area contributed by atoms with Gasteiger partial charge < -0.3 is 4.90 Å². The van der Waals surface area contributed by atoms with E-state index in [9.17, 15) is 4.79 Å². The van der Waals surface area contributed by atoms with Crippen LogP contribution in [0.4, 0.5) is 0 Å². The Morgan fingerprint density at radius 3 is 2.47 bits per heavy atom. The van der Waals surface area contributed by atoms with Crippen molar-refractivity contribution in [2.45, 2.75) is 59.7 Å². The summed E-state index contributed by atoms with van der Waals surface area (Å²) < 4.78 is 0. The fourth-order valence-electron chi connectivity index (χ4n) is 2.88. The number of nitrogens with zero attached hydrogens (tertiary/aromatic N) is 1. The average molecular weight is 238 g/mol. The smallest absolute Gasteiger partial charge is 0.241 e. The number of amides is 1. The lowest BCUT2D eigenvalue weighted by Gasteiger charge is -2.27. The zero-order valence-corrected chi connectivity index (χ0v) is 11.8. The van der Waals surface area contributed by atoms with Crippen molar-refractivity contribution in [3.05, 3.63) is 0 Å². The molecule has 3 nitrogen and oxygen atoms in total. The Bertz CT molecular complexity index is 311. The zero-order valence-electron chi connectivity index (χ0n) is 11.8. The van der Waals surface area contributed by atoms with Gasteiger partial charge in [0.25, 0.3) is 0 Å². The minimum absolute atomic E-state index is 0.0456. The SMILES string of the molecule is CCC1NC(C(C)C)N(CC2CC2(C)C)C1=O. The van der Waals surface area contributed by atoms with Gasteiger partial charge in [-0.2, -0.15) is 0 Å². The molecule has 17 heavy (non-hydrogen) atoms. The van der Waals surface area contributed by atoms with Crippen LogP contribution in [0.15, 0.2) is 0 Å². The Balaban J connectivity index is 2.04. The molecule has 1 heterocycles. The third-order valence-corrected chi connectivity index (χ3v) is 4.46. The van der Waals surface area contributed by atoms with Crippen LogP contribution >= 0.6 is 0 Å². The van der Waals surface area contributed by atoms with Crippen LogP contribution < -0.4 is 5.32 Å². The second-order valence-electron chi connectivity index (χ2n) is 6.70. The number of carbonyl (C=O) groups excluding carboxylic acids is 1. The number of hydrogen-bond acceptors (Lipinski definition) is 2. The first kappa shape index (κ1) is 12.9. The van der Waals surface area contributed by atoms with Gasteiger partial charge in [-0.05, 0) is 30.1 Å². The van der Waals surface area contributed by atoms with Gasteiger partial charge in [0.1, 0.15) is 0 Å². The van der Waals surface area contributed by atoms with E-state index in [1.54, 1.807) is 0 Å². The zero-order chi connectivity index (χ0) is 12.8. The molecular weight excluding hydrogens is 212 g/mol. The summed E-state index contributed by atoms with van der Waals surface area (Å²) >= 11 is 0. The van der Waals surface area contributed by atoms with Gasteiger partial charge in [-0.15, -0.1) is 0 Å². The lowest BCUT2D eigenvalue weighted by molar-refractivity contribution is -0.130. The molecule has 2 rings (SSSR count). The van der Waals surface area contributed by atoms with Crippen molar-refractivity contribution in [3.8, 4) is 0 Å². The van der Waals surface area contributed by atoms with Crippen molar-refractivity contribution in [1.29, 1.82) is 0 Å². The third-order valence-electron chi connectivity index (χ3n) is 4.46. The Hall–Kier alpha value is -0.570. The fraction of sp³-hybridized carbons (Fsp3) is 0.929. The predicted molar refractivity (Wildman–Crippen MR) is 69.4 cm³/mol. The van der Waals surface area contributed by atoms with Gasteiger partial charge in [-0.25, -0.2) is 0 Å². The molecule has 1 N–H and O–H groups in total. The molecule has 0 spiro atoms. The molecule has 98 valence electrons. The highest BCUT2D eigenvalue weighted by Crippen LogP contribution is 2.52. The summed E-state index contributed by atoms with van der Waals surface area (Å²) in [6, 6.07) is 0.0456. The molecule has 3 unspecified atom stereocenters. The van der Waals surface area contributed by atoms with Crippen molar-refractivity contribution in [2.24, 2.45) is 17.3 Å². The van der Waals surface area contributed by atoms with Gasteiger partial charge in [0, 0.05) is 6.54 Å². The van der Waals surface area contributed by atoms with Crippen LogP contribution in [-0.2, 0) is 4.79 Å². The summed E-state index contributed by atoms with van der Waals surface area (Å²) in [5.41, 5.74) is 0.451. The summed E-state index contributed by atoms with van der Waals surface area (Å²) in [4.78, 5) is 14.4. The standard InChI is InChI=1S/C14H26N2O/c1-6-11-13(17)16(12(15-11)9(2)3)8-10-7-14(10,4)5/h9-12,15H,6-8H2,1-5H3. The monoisotopic (exact) mass is 238 g/mol. The van der Waals surface area contributed by atoms with Crippen molar-refractivity contribution in [1.82, 2.24) is 10.2 Å². The van der Waals surface area contributed by atoms with E-state index in [4.69, 9.17) is 0 Å². The molecule has 1 amide bonds. The van der Waals surface area contributed by atoms with Crippen LogP contribution in [0.3, 0.4) is 0 Å². The van der Waals surface area contributed by atoms with E-state index in [2.05, 4.69) is 44.8 Å². The Morgan fingerprint density at radius 2 is 2.06 bits per heavy atom. The molecule has 0 aromatic heterocycles. The number of nitrogens with one attached hydrogen (secondary N) is 1. The van der Waals surface area contributed by atoms with E-state index in [1.807, 2.05) is 0 Å². The van der Waals surface area contributed by atoms with Crippen molar-refractivity contribution >= 4 is 5.91 Å². The van der Waals surface area contributed by atoms with Gasteiger partial charge in [-0.3, -0.25) is 10.1 Å². The Kier molecular flexibility index (Phi) is 3.23. The number of hydrogen-bond donors (Lipinski definition) is 1. The molecule has 0 aromatic carbocycles. The highest BCUT2D eigenvalue weighted by molar-refractivity contribution is 5.84. The first-order valence-electron chi connectivity index (χ1n) is 6.93. The molecular formula is C14H26N2O. The van der Waals surface area contributed by atoms with Crippen LogP contribution in [0.25, 0.3) is 0 Å². The first-order valence-corrected chi connectivity index (χ1v) is 6.93. The predicted octanol–water partition coefficient (Wildman–Crippen LogP) is 2.22. The maximum absolute atomic E-state index is 12.3. The molecule has 0 radical (unpaired) electrons. The van der Waals surface area contributed by atoms with Crippen LogP contribution in [0.5, 0.6) is 0 Å². The van der Waals surface area contributed by atoms with E-state index >= 15 is 0 Å². The Labute approximate surface area is 105 Å². The highest BCUT2D eigenvalue weighted by atomic mass is 16.2. The Morgan fingerprint density at radius 1 is 1.47 bits per heavy atom. The largest absolute Gasteiger partial charge is 0.325 e. The lowest BCUT2D eigenvalue weighted by Crippen LogP contribution is -2.42. The number of rotatable bonds is 4. The van der Waals surface area contributed by atoms with E-state index < -0.39 is 0 Å². The van der Waals surface area contributed by atoms with E-state index in [0.717, 1.165) is 13.0 Å². The summed E-state index contributed by atoms with van der Waals surface area (Å²) in [7, 11) is 0. The topological polar surface area (TPSA) is 32.3 Å². The maximum atomic E-state index is 12.3. The molecule has 2 aliphatic rings. The average Bonchev–Trinajstić information content (AvgIpc) is 2.69. The van der Waals surface area contributed by atoms with Crippen molar-refractivity contribution in [3.63, 3.8) is 0 Å². The van der Waals surface area contributed by atoms with Crippen molar-refractivity contribution in [2.75, 3.05) is 6.54 Å². The van der Waals surface area contributed by atoms with E-state index in [1.165, 1.54) is 6.42 Å². The molecule has 2 fully saturated rings. The summed E-state index contributed by atoms with van der Waals surface area (Å²) in [5.74, 6) is 1.50. The molecule has 0 aromatic rings. The molecule has 1 aliphatic carbocycles. The van der Waals surface area contributed by atoms with Crippen LogP contribution in [0.2, 0.25) is 0 Å². The van der Waals surface area contributed by atoms with Gasteiger partial charge in [0.15, 0.2) is 0 Å². The third kappa shape index (κ3) is 2.35. The van der Waals surface area contributed by atoms with Crippen LogP contribution in [0.1, 0.15) is 47.5 Å². The molecule has 3 atom stereocenters. The van der Waals surface area contributed by atoms with E-state index in [0.29, 0.717) is 23.2 Å². The highest BCUT2D eigenvalue weighted by Gasteiger charge is 2.49. The van der Waals surface area contributed by atoms with Crippen LogP contribution in [-0.4, -0.2) is 29.6 Å². The molecule has 1 aliphatic heterocycles. The molecule has 1 saturated heterocycles. The van der Waals surface area contributed by atoms with E-state index in [-0.39, 0.29) is 12.2 Å². The summed E-state index contributed by atoms with van der Waals surface area (Å²) in [6.07, 6.45) is 2.40. The van der Waals surface area contributed by atoms with Crippen LogP contribution in [0, 0.1) is 17.3 Å². The summed E-state index contributed by atoms with van der Waals surface area (Å²) in [5, 5.41) is 3.48. The molecule has 3 heteroatoms. The second kappa shape index (κ2) is 4.27. The molecule has 1 saturated carbocycles. The molecule has 0 bridgehead atoms. The normalized spacial score (nSPS) is 35.8.